The average Bonchev–Trinajstić information content (AvgIpc) is 3.22. The highest BCUT2D eigenvalue weighted by molar-refractivity contribution is 5.66. The molecule has 5 rings (SSSR count). The number of fused-ring (bicyclic) bond motifs is 4. The number of benzene rings is 1. The van der Waals surface area contributed by atoms with Gasteiger partial charge in [0.2, 0.25) is 0 Å². The van der Waals surface area contributed by atoms with Crippen molar-refractivity contribution in [1.82, 2.24) is 14.4 Å². The third kappa shape index (κ3) is 4.06. The predicted octanol–water partition coefficient (Wildman–Crippen LogP) is 3.28. The van der Waals surface area contributed by atoms with Crippen LogP contribution in [0.2, 0.25) is 0 Å². The van der Waals surface area contributed by atoms with E-state index in [2.05, 4.69) is 42.1 Å². The number of hydrogen-bond acceptors (Lipinski definition) is 5. The van der Waals surface area contributed by atoms with Gasteiger partial charge < -0.3 is 19.0 Å². The summed E-state index contributed by atoms with van der Waals surface area (Å²) in [5.74, 6) is 2.31. The Labute approximate surface area is 188 Å². The van der Waals surface area contributed by atoms with Gasteiger partial charge in [-0.15, -0.1) is 0 Å². The number of piperidine rings is 1. The number of rotatable bonds is 6. The zero-order valence-electron chi connectivity index (χ0n) is 18.8. The van der Waals surface area contributed by atoms with Gasteiger partial charge in [-0.2, -0.15) is 0 Å². The van der Waals surface area contributed by atoms with Crippen LogP contribution in [0.4, 0.5) is 0 Å². The van der Waals surface area contributed by atoms with Crippen LogP contribution in [-0.4, -0.2) is 46.7 Å². The Morgan fingerprint density at radius 2 is 1.81 bits per heavy atom. The first-order valence-electron chi connectivity index (χ1n) is 11.4. The van der Waals surface area contributed by atoms with E-state index >= 15 is 0 Å². The first-order valence-corrected chi connectivity index (χ1v) is 11.4. The lowest BCUT2D eigenvalue weighted by atomic mass is 9.82. The molecule has 168 valence electrons. The number of likely N-dealkylation sites (tertiary alicyclic amines) is 1. The lowest BCUT2D eigenvalue weighted by molar-refractivity contribution is 0.106. The molecule has 1 N–H and O–H groups in total. The van der Waals surface area contributed by atoms with Crippen LogP contribution in [0.15, 0.2) is 57.7 Å². The van der Waals surface area contributed by atoms with Crippen molar-refractivity contribution in [3.8, 4) is 11.1 Å². The second kappa shape index (κ2) is 8.70. The molecule has 3 aromatic rings. The fourth-order valence-electron chi connectivity index (χ4n) is 5.45. The van der Waals surface area contributed by atoms with E-state index in [1.165, 1.54) is 5.56 Å². The van der Waals surface area contributed by atoms with E-state index in [-0.39, 0.29) is 12.2 Å². The van der Waals surface area contributed by atoms with E-state index in [4.69, 9.17) is 4.42 Å². The molecule has 1 saturated heterocycles. The zero-order chi connectivity index (χ0) is 22.2. The van der Waals surface area contributed by atoms with E-state index in [9.17, 15) is 9.90 Å². The molecule has 0 radical (unpaired) electrons. The second-order valence-corrected chi connectivity index (χ2v) is 9.50. The van der Waals surface area contributed by atoms with Crippen molar-refractivity contribution in [2.75, 3.05) is 27.2 Å². The van der Waals surface area contributed by atoms with Gasteiger partial charge in [-0.3, -0.25) is 9.69 Å². The van der Waals surface area contributed by atoms with Crippen LogP contribution in [-0.2, 0) is 26.2 Å². The van der Waals surface area contributed by atoms with E-state index < -0.39 is 0 Å². The van der Waals surface area contributed by atoms with Crippen molar-refractivity contribution < 1.29 is 9.52 Å². The SMILES string of the molecule is CN(C)Cc1ccccc1-c1ccc2n(c1=O)C[C@H]1C[C@@H]2CN(Cc2ccc(CO)o2)C1. The first-order chi connectivity index (χ1) is 15.5. The molecule has 2 aromatic heterocycles. The fraction of sp³-hybridized carbons (Fsp3) is 0.423. The van der Waals surface area contributed by atoms with Gasteiger partial charge in [0.25, 0.3) is 5.56 Å². The summed E-state index contributed by atoms with van der Waals surface area (Å²) in [7, 11) is 4.10. The highest BCUT2D eigenvalue weighted by Gasteiger charge is 2.35. The molecule has 1 aromatic carbocycles. The molecule has 32 heavy (non-hydrogen) atoms. The Kier molecular flexibility index (Phi) is 5.76. The largest absolute Gasteiger partial charge is 0.462 e. The Bertz CT molecular complexity index is 1160. The molecule has 0 aliphatic carbocycles. The number of aliphatic hydroxyl groups excluding tert-OH is 1. The first kappa shape index (κ1) is 21.2. The van der Waals surface area contributed by atoms with Gasteiger partial charge in [-0.1, -0.05) is 24.3 Å². The second-order valence-electron chi connectivity index (χ2n) is 9.50. The molecule has 4 heterocycles. The molecule has 2 aliphatic rings. The van der Waals surface area contributed by atoms with Crippen molar-refractivity contribution >= 4 is 0 Å². The number of pyridine rings is 1. The summed E-state index contributed by atoms with van der Waals surface area (Å²) >= 11 is 0. The lowest BCUT2D eigenvalue weighted by Gasteiger charge is -2.42. The molecule has 2 atom stereocenters. The monoisotopic (exact) mass is 433 g/mol. The molecule has 6 nitrogen and oxygen atoms in total. The third-order valence-corrected chi connectivity index (χ3v) is 6.73. The lowest BCUT2D eigenvalue weighted by Crippen LogP contribution is -2.46. The molecule has 0 saturated carbocycles. The van der Waals surface area contributed by atoms with E-state index in [1.807, 2.05) is 34.9 Å². The molecule has 1 fully saturated rings. The van der Waals surface area contributed by atoms with Gasteiger partial charge in [-0.05, 0) is 61.8 Å². The molecule has 0 amide bonds. The summed E-state index contributed by atoms with van der Waals surface area (Å²) in [5.41, 5.74) is 4.31. The smallest absolute Gasteiger partial charge is 0.258 e. The van der Waals surface area contributed by atoms with Gasteiger partial charge in [0.05, 0.1) is 6.54 Å². The summed E-state index contributed by atoms with van der Waals surface area (Å²) in [6.45, 7) is 4.13. The van der Waals surface area contributed by atoms with Gasteiger partial charge >= 0.3 is 0 Å². The maximum atomic E-state index is 13.6. The highest BCUT2D eigenvalue weighted by Crippen LogP contribution is 2.36. The van der Waals surface area contributed by atoms with Crippen molar-refractivity contribution in [2.24, 2.45) is 5.92 Å². The molecular weight excluding hydrogens is 402 g/mol. The van der Waals surface area contributed by atoms with E-state index in [1.54, 1.807) is 0 Å². The molecule has 0 unspecified atom stereocenters. The van der Waals surface area contributed by atoms with Crippen LogP contribution in [0.25, 0.3) is 11.1 Å². The Morgan fingerprint density at radius 3 is 2.59 bits per heavy atom. The standard InChI is InChI=1S/C26H31N3O3/c1-27(2)14-19-5-3-4-6-23(19)24-9-10-25-20-11-18(13-29(25)26(24)31)12-28(15-20)16-21-7-8-22(17-30)32-21/h3-10,18,20,30H,11-17H2,1-2H3/t18-,20+/m0/s1. The number of furan rings is 1. The fourth-order valence-corrected chi connectivity index (χ4v) is 5.45. The summed E-state index contributed by atoms with van der Waals surface area (Å²) < 4.78 is 7.74. The third-order valence-electron chi connectivity index (χ3n) is 6.73. The zero-order valence-corrected chi connectivity index (χ0v) is 18.8. The van der Waals surface area contributed by atoms with Crippen molar-refractivity contribution in [3.63, 3.8) is 0 Å². The molecular formula is C26H31N3O3. The van der Waals surface area contributed by atoms with Crippen LogP contribution < -0.4 is 5.56 Å². The van der Waals surface area contributed by atoms with E-state index in [0.717, 1.165) is 61.7 Å². The van der Waals surface area contributed by atoms with Crippen LogP contribution in [0, 0.1) is 5.92 Å². The number of hydrogen-bond donors (Lipinski definition) is 1. The van der Waals surface area contributed by atoms with Gasteiger partial charge in [0.15, 0.2) is 0 Å². The summed E-state index contributed by atoms with van der Waals surface area (Å²) in [6.07, 6.45) is 1.13. The number of aliphatic hydroxyl groups is 1. The topological polar surface area (TPSA) is 61.9 Å². The number of aromatic nitrogens is 1. The highest BCUT2D eigenvalue weighted by atomic mass is 16.4. The van der Waals surface area contributed by atoms with Crippen LogP contribution in [0.1, 0.15) is 35.1 Å². The Balaban J connectivity index is 1.42. The normalized spacial score (nSPS) is 20.5. The molecule has 6 heteroatoms. The minimum Gasteiger partial charge on any atom is -0.462 e. The van der Waals surface area contributed by atoms with Crippen molar-refractivity contribution in [2.45, 2.75) is 38.6 Å². The van der Waals surface area contributed by atoms with Gasteiger partial charge in [0, 0.05) is 43.4 Å². The van der Waals surface area contributed by atoms with Crippen LogP contribution in [0.5, 0.6) is 0 Å². The van der Waals surface area contributed by atoms with Crippen LogP contribution >= 0.6 is 0 Å². The quantitative estimate of drug-likeness (QED) is 0.647. The minimum absolute atomic E-state index is 0.0679. The molecule has 2 bridgehead atoms. The number of nitrogens with zero attached hydrogens (tertiary/aromatic N) is 3. The van der Waals surface area contributed by atoms with Crippen molar-refractivity contribution in [1.29, 1.82) is 0 Å². The van der Waals surface area contributed by atoms with Crippen molar-refractivity contribution in [3.05, 3.63) is 81.7 Å². The summed E-state index contributed by atoms with van der Waals surface area (Å²) in [5, 5.41) is 9.25. The summed E-state index contributed by atoms with van der Waals surface area (Å²) in [6, 6.07) is 16.2. The minimum atomic E-state index is -0.0679. The predicted molar refractivity (Wildman–Crippen MR) is 124 cm³/mol. The average molecular weight is 434 g/mol. The molecule has 0 spiro atoms. The Morgan fingerprint density at radius 1 is 1.00 bits per heavy atom. The van der Waals surface area contributed by atoms with Crippen LogP contribution in [0.3, 0.4) is 0 Å². The van der Waals surface area contributed by atoms with Gasteiger partial charge in [-0.25, -0.2) is 0 Å². The maximum absolute atomic E-state index is 13.6. The summed E-state index contributed by atoms with van der Waals surface area (Å²) in [4.78, 5) is 18.1. The molecule has 2 aliphatic heterocycles. The van der Waals surface area contributed by atoms with Gasteiger partial charge in [0.1, 0.15) is 18.1 Å². The Hall–Kier alpha value is -2.67. The van der Waals surface area contributed by atoms with E-state index in [0.29, 0.717) is 17.6 Å². The maximum Gasteiger partial charge on any atom is 0.258 e.